The summed E-state index contributed by atoms with van der Waals surface area (Å²) in [6.45, 7) is 0.364. The van der Waals surface area contributed by atoms with Crippen LogP contribution in [-0.4, -0.2) is 28.6 Å². The number of ether oxygens (including phenoxy) is 2. The van der Waals surface area contributed by atoms with E-state index in [0.29, 0.717) is 33.6 Å². The van der Waals surface area contributed by atoms with Gasteiger partial charge in [0.1, 0.15) is 9.96 Å². The molecule has 24 heavy (non-hydrogen) atoms. The molecule has 7 heteroatoms. The number of amides is 1. The van der Waals surface area contributed by atoms with Gasteiger partial charge in [0, 0.05) is 17.5 Å². The van der Waals surface area contributed by atoms with Crippen LogP contribution in [0.1, 0.15) is 11.3 Å². The Morgan fingerprint density at radius 2 is 2.08 bits per heavy atom. The minimum Gasteiger partial charge on any atom is -0.493 e. The highest BCUT2D eigenvalue weighted by molar-refractivity contribution is 8.23. The normalized spacial score (nSPS) is 16.1. The van der Waals surface area contributed by atoms with Crippen LogP contribution in [0.5, 0.6) is 11.5 Å². The average Bonchev–Trinajstić information content (AvgIpc) is 3.19. The number of benzene rings is 1. The van der Waals surface area contributed by atoms with Gasteiger partial charge in [0.25, 0.3) is 5.91 Å². The monoisotopic (exact) mass is 361 g/mol. The Morgan fingerprint density at radius 3 is 2.75 bits per heavy atom. The van der Waals surface area contributed by atoms with E-state index < -0.39 is 0 Å². The number of thiocarbonyl (C=S) groups is 1. The number of para-hydroxylation sites is 1. The van der Waals surface area contributed by atoms with Crippen molar-refractivity contribution in [3.63, 3.8) is 0 Å². The maximum Gasteiger partial charge on any atom is 0.266 e. The van der Waals surface area contributed by atoms with Crippen molar-refractivity contribution in [2.24, 2.45) is 0 Å². The lowest BCUT2D eigenvalue weighted by Crippen LogP contribution is -2.18. The molecule has 2 heterocycles. The number of carbonyl (C=O) groups excluding carboxylic acids is 1. The molecule has 0 atom stereocenters. The number of hydrogen-bond acceptors (Lipinski definition) is 6. The van der Waals surface area contributed by atoms with Gasteiger partial charge in [0.2, 0.25) is 0 Å². The zero-order chi connectivity index (χ0) is 17.1. The van der Waals surface area contributed by atoms with Gasteiger partial charge in [-0.15, -0.1) is 0 Å². The molecule has 1 aromatic heterocycles. The molecule has 3 rings (SSSR count). The molecular weight excluding hydrogens is 346 g/mol. The van der Waals surface area contributed by atoms with Crippen LogP contribution in [0.2, 0.25) is 0 Å². The Kier molecular flexibility index (Phi) is 4.92. The predicted octanol–water partition coefficient (Wildman–Crippen LogP) is 3.70. The van der Waals surface area contributed by atoms with Crippen molar-refractivity contribution in [2.45, 2.75) is 6.54 Å². The van der Waals surface area contributed by atoms with E-state index in [1.54, 1.807) is 43.0 Å². The summed E-state index contributed by atoms with van der Waals surface area (Å²) in [6.07, 6.45) is 3.32. The van der Waals surface area contributed by atoms with E-state index in [0.717, 1.165) is 5.56 Å². The topological polar surface area (TPSA) is 51.9 Å². The molecular formula is C17H15NO4S2. The second-order valence-corrected chi connectivity index (χ2v) is 6.64. The predicted molar refractivity (Wildman–Crippen MR) is 97.0 cm³/mol. The number of nitrogens with zero attached hydrogens (tertiary/aromatic N) is 1. The fraction of sp³-hybridized carbons (Fsp3) is 0.176. The SMILES string of the molecule is COc1cccc(C=C2C(=O)N(Cc3ccco3)SC2=S)c1OC. The molecule has 124 valence electrons. The Labute approximate surface area is 149 Å². The summed E-state index contributed by atoms with van der Waals surface area (Å²) >= 11 is 6.60. The Morgan fingerprint density at radius 1 is 1.25 bits per heavy atom. The molecule has 0 spiro atoms. The lowest BCUT2D eigenvalue weighted by molar-refractivity contribution is -0.121. The summed E-state index contributed by atoms with van der Waals surface area (Å²) in [5.74, 6) is 1.73. The summed E-state index contributed by atoms with van der Waals surface area (Å²) in [4.78, 5) is 12.6. The van der Waals surface area contributed by atoms with Gasteiger partial charge in [-0.25, -0.2) is 0 Å². The minimum absolute atomic E-state index is 0.147. The van der Waals surface area contributed by atoms with Crippen LogP contribution >= 0.6 is 24.2 Å². The van der Waals surface area contributed by atoms with Crippen molar-refractivity contribution in [3.8, 4) is 11.5 Å². The van der Waals surface area contributed by atoms with Gasteiger partial charge >= 0.3 is 0 Å². The minimum atomic E-state index is -0.147. The molecule has 1 aliphatic heterocycles. The van der Waals surface area contributed by atoms with E-state index >= 15 is 0 Å². The van der Waals surface area contributed by atoms with Gasteiger partial charge in [0.05, 0.1) is 32.6 Å². The Balaban J connectivity index is 1.90. The molecule has 0 radical (unpaired) electrons. The average molecular weight is 361 g/mol. The zero-order valence-corrected chi connectivity index (χ0v) is 14.8. The van der Waals surface area contributed by atoms with Crippen molar-refractivity contribution in [1.29, 1.82) is 0 Å². The second kappa shape index (κ2) is 7.11. The summed E-state index contributed by atoms with van der Waals surface area (Å²) in [5, 5.41) is 0. The summed E-state index contributed by atoms with van der Waals surface area (Å²) in [6, 6.07) is 9.10. The molecule has 0 aliphatic carbocycles. The molecule has 0 saturated carbocycles. The third-order valence-corrected chi connectivity index (χ3v) is 4.83. The summed E-state index contributed by atoms with van der Waals surface area (Å²) in [7, 11) is 3.13. The van der Waals surface area contributed by atoms with Crippen molar-refractivity contribution >= 4 is 40.3 Å². The summed E-state index contributed by atoms with van der Waals surface area (Å²) in [5.41, 5.74) is 1.20. The third kappa shape index (κ3) is 3.18. The molecule has 0 N–H and O–H groups in total. The number of furan rings is 1. The first-order chi connectivity index (χ1) is 11.6. The second-order valence-electron chi connectivity index (χ2n) is 4.94. The molecule has 5 nitrogen and oxygen atoms in total. The number of methoxy groups -OCH3 is 2. The molecule has 1 aromatic carbocycles. The number of rotatable bonds is 5. The van der Waals surface area contributed by atoms with E-state index in [-0.39, 0.29) is 5.91 Å². The third-order valence-electron chi connectivity index (χ3n) is 3.48. The van der Waals surface area contributed by atoms with Crippen LogP contribution in [-0.2, 0) is 11.3 Å². The lowest BCUT2D eigenvalue weighted by Gasteiger charge is -2.11. The maximum atomic E-state index is 12.6. The fourth-order valence-corrected chi connectivity index (χ4v) is 3.60. The van der Waals surface area contributed by atoms with Gasteiger partial charge in [-0.1, -0.05) is 24.4 Å². The first kappa shape index (κ1) is 16.6. The number of hydrogen-bond donors (Lipinski definition) is 0. The molecule has 1 fully saturated rings. The van der Waals surface area contributed by atoms with Crippen LogP contribution in [0.15, 0.2) is 46.6 Å². The van der Waals surface area contributed by atoms with E-state index in [2.05, 4.69) is 0 Å². The molecule has 2 aromatic rings. The van der Waals surface area contributed by atoms with Gasteiger partial charge in [-0.2, -0.15) is 0 Å². The van der Waals surface area contributed by atoms with E-state index in [1.165, 1.54) is 11.9 Å². The first-order valence-corrected chi connectivity index (χ1v) is 8.31. The lowest BCUT2D eigenvalue weighted by atomic mass is 10.1. The summed E-state index contributed by atoms with van der Waals surface area (Å²) < 4.78 is 18.1. The highest BCUT2D eigenvalue weighted by Gasteiger charge is 2.33. The van der Waals surface area contributed by atoms with Crippen molar-refractivity contribution in [2.75, 3.05) is 14.2 Å². The fourth-order valence-electron chi connectivity index (χ4n) is 2.36. The largest absolute Gasteiger partial charge is 0.493 e. The van der Waals surface area contributed by atoms with Gasteiger partial charge in [-0.3, -0.25) is 9.10 Å². The molecule has 1 amide bonds. The van der Waals surface area contributed by atoms with E-state index in [9.17, 15) is 4.79 Å². The molecule has 1 saturated heterocycles. The quantitative estimate of drug-likeness (QED) is 0.460. The van der Waals surface area contributed by atoms with Crippen molar-refractivity contribution in [3.05, 3.63) is 53.5 Å². The van der Waals surface area contributed by atoms with Crippen LogP contribution in [0.25, 0.3) is 6.08 Å². The zero-order valence-electron chi connectivity index (χ0n) is 13.1. The van der Waals surface area contributed by atoms with Crippen LogP contribution < -0.4 is 9.47 Å². The number of carbonyl (C=O) groups is 1. The highest BCUT2D eigenvalue weighted by Crippen LogP contribution is 2.36. The first-order valence-electron chi connectivity index (χ1n) is 7.13. The molecule has 0 unspecified atom stereocenters. The Hall–Kier alpha value is -2.25. The molecule has 0 bridgehead atoms. The maximum absolute atomic E-state index is 12.6. The Bertz CT molecular complexity index is 799. The van der Waals surface area contributed by atoms with Crippen LogP contribution in [0.4, 0.5) is 0 Å². The highest BCUT2D eigenvalue weighted by atomic mass is 32.2. The smallest absolute Gasteiger partial charge is 0.266 e. The van der Waals surface area contributed by atoms with E-state index in [1.807, 2.05) is 18.2 Å². The standard InChI is InChI=1S/C17H15NO4S2/c1-20-14-7-3-5-11(15(14)21-2)9-13-16(19)18(24-17(13)23)10-12-6-4-8-22-12/h3-9H,10H2,1-2H3. The van der Waals surface area contributed by atoms with Gasteiger partial charge in [0.15, 0.2) is 11.5 Å². The van der Waals surface area contributed by atoms with Crippen LogP contribution in [0, 0.1) is 0 Å². The van der Waals surface area contributed by atoms with Gasteiger partial charge in [-0.05, 0) is 24.3 Å². The van der Waals surface area contributed by atoms with Crippen molar-refractivity contribution in [1.82, 2.24) is 4.31 Å². The van der Waals surface area contributed by atoms with Crippen molar-refractivity contribution < 1.29 is 18.7 Å². The molecule has 1 aliphatic rings. The van der Waals surface area contributed by atoms with Gasteiger partial charge < -0.3 is 13.9 Å². The van der Waals surface area contributed by atoms with Crippen LogP contribution in [0.3, 0.4) is 0 Å². The van der Waals surface area contributed by atoms with E-state index in [4.69, 9.17) is 26.1 Å².